The van der Waals surface area contributed by atoms with Gasteiger partial charge < -0.3 is 19.0 Å². The number of fused-ring (bicyclic) bond motifs is 1. The third-order valence-corrected chi connectivity index (χ3v) is 6.05. The summed E-state index contributed by atoms with van der Waals surface area (Å²) in [6, 6.07) is 8.31. The Balaban J connectivity index is 1.25. The molecule has 1 aliphatic rings. The monoisotopic (exact) mass is 439 g/mol. The van der Waals surface area contributed by atoms with Gasteiger partial charge in [-0.15, -0.1) is 0 Å². The van der Waals surface area contributed by atoms with E-state index in [-0.39, 0.29) is 28.7 Å². The SMILES string of the molecule is COc1ccc(C(=O)C2CCN(C(=O)CCCc3cn4cc(F)cc4c(=O)[nH]3)CC2)cc1. The highest BCUT2D eigenvalue weighted by molar-refractivity contribution is 5.98. The summed E-state index contributed by atoms with van der Waals surface area (Å²) in [5.74, 6) is 0.339. The maximum absolute atomic E-state index is 13.4. The molecule has 3 heterocycles. The van der Waals surface area contributed by atoms with Crippen molar-refractivity contribution in [1.82, 2.24) is 14.3 Å². The number of ketones is 1. The van der Waals surface area contributed by atoms with Crippen LogP contribution in [0.5, 0.6) is 5.75 Å². The van der Waals surface area contributed by atoms with Gasteiger partial charge in [-0.05, 0) is 49.9 Å². The summed E-state index contributed by atoms with van der Waals surface area (Å²) in [5.41, 5.74) is 1.24. The van der Waals surface area contributed by atoms with Crippen LogP contribution in [0.25, 0.3) is 5.52 Å². The summed E-state index contributed by atoms with van der Waals surface area (Å²) >= 11 is 0. The summed E-state index contributed by atoms with van der Waals surface area (Å²) < 4.78 is 20.0. The van der Waals surface area contributed by atoms with Crippen LogP contribution < -0.4 is 10.3 Å². The van der Waals surface area contributed by atoms with Gasteiger partial charge >= 0.3 is 0 Å². The summed E-state index contributed by atoms with van der Waals surface area (Å²) in [5, 5.41) is 0. The Hall–Kier alpha value is -3.42. The second kappa shape index (κ2) is 9.38. The Morgan fingerprint density at radius 3 is 2.56 bits per heavy atom. The lowest BCUT2D eigenvalue weighted by Crippen LogP contribution is -2.40. The van der Waals surface area contributed by atoms with E-state index in [1.165, 1.54) is 16.7 Å². The zero-order valence-corrected chi connectivity index (χ0v) is 18.0. The molecule has 1 amide bonds. The van der Waals surface area contributed by atoms with Crippen molar-refractivity contribution in [3.05, 3.63) is 70.2 Å². The van der Waals surface area contributed by atoms with Crippen LogP contribution in [0.3, 0.4) is 0 Å². The molecule has 1 aromatic carbocycles. The highest BCUT2D eigenvalue weighted by atomic mass is 19.1. The fourth-order valence-corrected chi connectivity index (χ4v) is 4.24. The topological polar surface area (TPSA) is 83.9 Å². The number of carbonyl (C=O) groups is 2. The van der Waals surface area contributed by atoms with Crippen LogP contribution in [0.15, 0.2) is 47.5 Å². The molecule has 8 heteroatoms. The number of ether oxygens (including phenoxy) is 1. The lowest BCUT2D eigenvalue weighted by Gasteiger charge is -2.31. The predicted octanol–water partition coefficient (Wildman–Crippen LogP) is 3.22. The van der Waals surface area contributed by atoms with Crippen molar-refractivity contribution in [1.29, 1.82) is 0 Å². The Labute approximate surface area is 184 Å². The van der Waals surface area contributed by atoms with Gasteiger partial charge in [-0.2, -0.15) is 0 Å². The lowest BCUT2D eigenvalue weighted by molar-refractivity contribution is -0.132. The standard InChI is InChI=1S/C24H26FN3O4/c1-32-20-7-5-16(6-8-20)23(30)17-9-11-27(12-10-17)22(29)4-2-3-19-15-28-14-18(25)13-21(28)24(31)26-19/h5-8,13-15,17H,2-4,9-12H2,1H3,(H,26,31). The fourth-order valence-electron chi connectivity index (χ4n) is 4.24. The average Bonchev–Trinajstić information content (AvgIpc) is 3.19. The number of hydrogen-bond acceptors (Lipinski definition) is 4. The number of aryl methyl sites for hydroxylation is 1. The summed E-state index contributed by atoms with van der Waals surface area (Å²) in [6.07, 6.45) is 5.70. The number of nitrogens with zero attached hydrogens (tertiary/aromatic N) is 2. The third kappa shape index (κ3) is 4.74. The molecule has 2 aromatic heterocycles. The molecule has 1 saturated heterocycles. The zero-order chi connectivity index (χ0) is 22.7. The van der Waals surface area contributed by atoms with Crippen molar-refractivity contribution in [2.24, 2.45) is 5.92 Å². The normalized spacial score (nSPS) is 14.6. The number of nitrogens with one attached hydrogen (secondary N) is 1. The number of rotatable bonds is 7. The molecule has 0 aliphatic carbocycles. The van der Waals surface area contributed by atoms with Crippen molar-refractivity contribution >= 4 is 17.2 Å². The number of methoxy groups -OCH3 is 1. The van der Waals surface area contributed by atoms with Gasteiger partial charge in [0.25, 0.3) is 5.56 Å². The van der Waals surface area contributed by atoms with Gasteiger partial charge in [0.2, 0.25) is 5.91 Å². The predicted molar refractivity (Wildman–Crippen MR) is 118 cm³/mol. The minimum absolute atomic E-state index is 0.0516. The molecule has 0 spiro atoms. The van der Waals surface area contributed by atoms with Crippen LogP contribution >= 0.6 is 0 Å². The first-order valence-corrected chi connectivity index (χ1v) is 10.8. The Kier molecular flexibility index (Phi) is 6.39. The maximum Gasteiger partial charge on any atom is 0.272 e. The number of aromatic amines is 1. The van der Waals surface area contributed by atoms with E-state index in [4.69, 9.17) is 4.74 Å². The Morgan fingerprint density at radius 2 is 1.88 bits per heavy atom. The first-order chi connectivity index (χ1) is 15.4. The molecule has 7 nitrogen and oxygen atoms in total. The highest BCUT2D eigenvalue weighted by Crippen LogP contribution is 2.23. The third-order valence-electron chi connectivity index (χ3n) is 6.05. The number of halogens is 1. The number of Topliss-reactive ketones (excluding diaryl/α,β-unsaturated/α-hetero) is 1. The van der Waals surface area contributed by atoms with Crippen LogP contribution in [0.4, 0.5) is 4.39 Å². The van der Waals surface area contributed by atoms with Crippen molar-refractivity contribution in [2.45, 2.75) is 32.1 Å². The molecular formula is C24H26FN3O4. The lowest BCUT2D eigenvalue weighted by atomic mass is 9.88. The molecule has 168 valence electrons. The van der Waals surface area contributed by atoms with E-state index in [9.17, 15) is 18.8 Å². The minimum Gasteiger partial charge on any atom is -0.497 e. The molecule has 1 fully saturated rings. The van der Waals surface area contributed by atoms with E-state index >= 15 is 0 Å². The molecular weight excluding hydrogens is 413 g/mol. The molecule has 0 radical (unpaired) electrons. The zero-order valence-electron chi connectivity index (χ0n) is 18.0. The number of carbonyl (C=O) groups excluding carboxylic acids is 2. The number of hydrogen-bond donors (Lipinski definition) is 1. The Morgan fingerprint density at radius 1 is 1.16 bits per heavy atom. The summed E-state index contributed by atoms with van der Waals surface area (Å²) in [4.78, 5) is 41.9. The van der Waals surface area contributed by atoms with Gasteiger partial charge in [0, 0.05) is 55.1 Å². The van der Waals surface area contributed by atoms with Gasteiger partial charge in [-0.25, -0.2) is 4.39 Å². The first-order valence-electron chi connectivity index (χ1n) is 10.8. The van der Waals surface area contributed by atoms with Crippen LogP contribution in [0.1, 0.15) is 41.7 Å². The highest BCUT2D eigenvalue weighted by Gasteiger charge is 2.27. The number of amides is 1. The molecule has 1 N–H and O–H groups in total. The largest absolute Gasteiger partial charge is 0.497 e. The van der Waals surface area contributed by atoms with Crippen molar-refractivity contribution in [3.8, 4) is 5.75 Å². The van der Waals surface area contributed by atoms with Gasteiger partial charge in [0.05, 0.1) is 7.11 Å². The van der Waals surface area contributed by atoms with Crippen LogP contribution in [-0.4, -0.2) is 46.2 Å². The van der Waals surface area contributed by atoms with Crippen LogP contribution in [0.2, 0.25) is 0 Å². The van der Waals surface area contributed by atoms with E-state index in [1.807, 2.05) is 4.90 Å². The van der Waals surface area contributed by atoms with Crippen LogP contribution in [-0.2, 0) is 11.2 Å². The van der Waals surface area contributed by atoms with Crippen molar-refractivity contribution in [3.63, 3.8) is 0 Å². The number of likely N-dealkylation sites (tertiary alicyclic amines) is 1. The van der Waals surface area contributed by atoms with E-state index < -0.39 is 5.82 Å². The van der Waals surface area contributed by atoms with Crippen molar-refractivity contribution < 1.29 is 18.7 Å². The molecule has 0 atom stereocenters. The minimum atomic E-state index is -0.461. The quantitative estimate of drug-likeness (QED) is 0.573. The average molecular weight is 439 g/mol. The van der Waals surface area contributed by atoms with E-state index in [0.29, 0.717) is 62.2 Å². The van der Waals surface area contributed by atoms with Crippen molar-refractivity contribution in [2.75, 3.05) is 20.2 Å². The summed E-state index contributed by atoms with van der Waals surface area (Å²) in [7, 11) is 1.59. The molecule has 3 aromatic rings. The molecule has 1 aliphatic heterocycles. The second-order valence-electron chi connectivity index (χ2n) is 8.16. The number of H-pyrrole nitrogens is 1. The molecule has 0 saturated carbocycles. The fraction of sp³-hybridized carbons (Fsp3) is 0.375. The first kappa shape index (κ1) is 21.8. The van der Waals surface area contributed by atoms with E-state index in [1.54, 1.807) is 37.6 Å². The van der Waals surface area contributed by atoms with Gasteiger partial charge in [0.1, 0.15) is 17.1 Å². The van der Waals surface area contributed by atoms with Gasteiger partial charge in [0.15, 0.2) is 5.78 Å². The van der Waals surface area contributed by atoms with E-state index in [2.05, 4.69) is 4.98 Å². The molecule has 4 rings (SSSR count). The molecule has 0 unspecified atom stereocenters. The number of benzene rings is 1. The molecule has 32 heavy (non-hydrogen) atoms. The van der Waals surface area contributed by atoms with Crippen LogP contribution in [0, 0.1) is 11.7 Å². The summed E-state index contributed by atoms with van der Waals surface area (Å²) in [6.45, 7) is 1.13. The number of piperidine rings is 1. The number of aromatic nitrogens is 2. The van der Waals surface area contributed by atoms with E-state index in [0.717, 1.165) is 0 Å². The maximum atomic E-state index is 13.4. The smallest absolute Gasteiger partial charge is 0.272 e. The van der Waals surface area contributed by atoms with Gasteiger partial charge in [-0.1, -0.05) is 0 Å². The molecule has 0 bridgehead atoms. The van der Waals surface area contributed by atoms with Gasteiger partial charge in [-0.3, -0.25) is 14.4 Å². The Bertz CT molecular complexity index is 1170. The second-order valence-corrected chi connectivity index (χ2v) is 8.16.